The van der Waals surface area contributed by atoms with Gasteiger partial charge >= 0.3 is 0 Å². The summed E-state index contributed by atoms with van der Waals surface area (Å²) in [6.07, 6.45) is 2.50. The molecule has 0 unspecified atom stereocenters. The van der Waals surface area contributed by atoms with Gasteiger partial charge in [0.2, 0.25) is 0 Å². The average Bonchev–Trinajstić information content (AvgIpc) is 2.84. The van der Waals surface area contributed by atoms with Gasteiger partial charge in [-0.15, -0.1) is 0 Å². The molecule has 2 atom stereocenters. The van der Waals surface area contributed by atoms with Crippen LogP contribution in [0.3, 0.4) is 0 Å². The molecule has 2 aromatic rings. The second-order valence-electron chi connectivity index (χ2n) is 5.16. The van der Waals surface area contributed by atoms with E-state index >= 15 is 0 Å². The number of rotatable bonds is 3. The molecule has 5 heteroatoms. The summed E-state index contributed by atoms with van der Waals surface area (Å²) in [4.78, 5) is 16.2. The molecule has 0 radical (unpaired) electrons. The number of benzene rings is 1. The number of carbonyl (C=O) groups is 1. The molecule has 0 aliphatic heterocycles. The summed E-state index contributed by atoms with van der Waals surface area (Å²) < 4.78 is 0. The normalized spacial score (nSPS) is 19.9. The Balaban J connectivity index is 1.85. The van der Waals surface area contributed by atoms with E-state index in [2.05, 4.69) is 27.8 Å². The fourth-order valence-corrected chi connectivity index (χ4v) is 2.78. The van der Waals surface area contributed by atoms with Crippen molar-refractivity contribution in [3.63, 3.8) is 0 Å². The highest BCUT2D eigenvalue weighted by molar-refractivity contribution is 5.98. The number of pyridine rings is 1. The summed E-state index contributed by atoms with van der Waals surface area (Å²) in [6.45, 7) is 0. The highest BCUT2D eigenvalue weighted by atomic mass is 16.1. The van der Waals surface area contributed by atoms with Crippen LogP contribution in [0, 0.1) is 0 Å². The molecular formula is C16H18N4O. The first-order chi connectivity index (χ1) is 10.2. The number of hydrogen-bond donors (Lipinski definition) is 3. The SMILES string of the molecule is CNC(=O)c1cccnc1N[C@@H]1Cc2ccccc2[C@H]1N. The third kappa shape index (κ3) is 2.48. The molecule has 1 heterocycles. The molecule has 0 bridgehead atoms. The maximum Gasteiger partial charge on any atom is 0.254 e. The highest BCUT2D eigenvalue weighted by Crippen LogP contribution is 2.31. The Morgan fingerprint density at radius 1 is 1.29 bits per heavy atom. The zero-order valence-corrected chi connectivity index (χ0v) is 11.8. The van der Waals surface area contributed by atoms with Gasteiger partial charge in [-0.2, -0.15) is 0 Å². The van der Waals surface area contributed by atoms with Crippen molar-refractivity contribution < 1.29 is 4.79 Å². The molecule has 0 fully saturated rings. The molecule has 108 valence electrons. The van der Waals surface area contributed by atoms with Crippen molar-refractivity contribution >= 4 is 11.7 Å². The second-order valence-corrected chi connectivity index (χ2v) is 5.16. The summed E-state index contributed by atoms with van der Waals surface area (Å²) in [6, 6.07) is 11.6. The van der Waals surface area contributed by atoms with E-state index in [-0.39, 0.29) is 18.0 Å². The third-order valence-electron chi connectivity index (χ3n) is 3.89. The summed E-state index contributed by atoms with van der Waals surface area (Å²) in [5, 5.41) is 5.95. The zero-order valence-electron chi connectivity index (χ0n) is 11.8. The van der Waals surface area contributed by atoms with Crippen molar-refractivity contribution in [2.24, 2.45) is 5.73 Å². The Morgan fingerprint density at radius 2 is 2.10 bits per heavy atom. The first-order valence-corrected chi connectivity index (χ1v) is 6.97. The minimum absolute atomic E-state index is 0.0423. The smallest absolute Gasteiger partial charge is 0.254 e. The van der Waals surface area contributed by atoms with Crippen LogP contribution in [-0.2, 0) is 6.42 Å². The molecular weight excluding hydrogens is 264 g/mol. The number of aromatic nitrogens is 1. The van der Waals surface area contributed by atoms with Crippen LogP contribution in [0.15, 0.2) is 42.6 Å². The Kier molecular flexibility index (Phi) is 3.58. The lowest BCUT2D eigenvalue weighted by atomic mass is 10.1. The lowest BCUT2D eigenvalue weighted by molar-refractivity contribution is 0.0963. The first-order valence-electron chi connectivity index (χ1n) is 6.97. The van der Waals surface area contributed by atoms with Crippen molar-refractivity contribution in [2.75, 3.05) is 12.4 Å². The van der Waals surface area contributed by atoms with E-state index in [0.29, 0.717) is 11.4 Å². The van der Waals surface area contributed by atoms with Crippen LogP contribution in [0.1, 0.15) is 27.5 Å². The van der Waals surface area contributed by atoms with Crippen molar-refractivity contribution in [1.29, 1.82) is 0 Å². The minimum atomic E-state index is -0.158. The summed E-state index contributed by atoms with van der Waals surface area (Å²) in [7, 11) is 1.61. The van der Waals surface area contributed by atoms with Crippen LogP contribution in [0.5, 0.6) is 0 Å². The summed E-state index contributed by atoms with van der Waals surface area (Å²) in [5.41, 5.74) is 9.25. The van der Waals surface area contributed by atoms with Crippen molar-refractivity contribution in [1.82, 2.24) is 10.3 Å². The fourth-order valence-electron chi connectivity index (χ4n) is 2.78. The lowest BCUT2D eigenvalue weighted by Gasteiger charge is -2.20. The van der Waals surface area contributed by atoms with Crippen molar-refractivity contribution in [3.05, 3.63) is 59.3 Å². The molecule has 1 amide bonds. The lowest BCUT2D eigenvalue weighted by Crippen LogP contribution is -2.31. The molecule has 1 aromatic carbocycles. The third-order valence-corrected chi connectivity index (χ3v) is 3.89. The van der Waals surface area contributed by atoms with Gasteiger partial charge in [0.05, 0.1) is 17.6 Å². The van der Waals surface area contributed by atoms with Gasteiger partial charge in [0.15, 0.2) is 0 Å². The average molecular weight is 282 g/mol. The highest BCUT2D eigenvalue weighted by Gasteiger charge is 2.30. The molecule has 0 saturated carbocycles. The number of fused-ring (bicyclic) bond motifs is 1. The Morgan fingerprint density at radius 3 is 2.86 bits per heavy atom. The molecule has 5 nitrogen and oxygen atoms in total. The molecule has 21 heavy (non-hydrogen) atoms. The largest absolute Gasteiger partial charge is 0.364 e. The molecule has 4 N–H and O–H groups in total. The van der Waals surface area contributed by atoms with Crippen LogP contribution in [0.25, 0.3) is 0 Å². The van der Waals surface area contributed by atoms with E-state index in [4.69, 9.17) is 5.73 Å². The van der Waals surface area contributed by atoms with Crippen LogP contribution in [-0.4, -0.2) is 24.0 Å². The molecule has 3 rings (SSSR count). The second kappa shape index (κ2) is 5.54. The number of carbonyl (C=O) groups excluding carboxylic acids is 1. The Bertz CT molecular complexity index is 671. The van der Waals surface area contributed by atoms with Crippen LogP contribution in [0.4, 0.5) is 5.82 Å². The maximum atomic E-state index is 11.9. The van der Waals surface area contributed by atoms with E-state index in [9.17, 15) is 4.79 Å². The minimum Gasteiger partial charge on any atom is -0.364 e. The van der Waals surface area contributed by atoms with Gasteiger partial charge in [0.25, 0.3) is 5.91 Å². The number of hydrogen-bond acceptors (Lipinski definition) is 4. The van der Waals surface area contributed by atoms with Crippen LogP contribution in [0.2, 0.25) is 0 Å². The summed E-state index contributed by atoms with van der Waals surface area (Å²) in [5.74, 6) is 0.416. The van der Waals surface area contributed by atoms with Gasteiger partial charge < -0.3 is 16.4 Å². The van der Waals surface area contributed by atoms with E-state index < -0.39 is 0 Å². The monoisotopic (exact) mass is 282 g/mol. The van der Waals surface area contributed by atoms with Gasteiger partial charge in [-0.05, 0) is 29.7 Å². The standard InChI is InChI=1S/C16H18N4O/c1-18-16(21)12-7-4-8-19-15(12)20-13-9-10-5-2-3-6-11(10)14(13)17/h2-8,13-14H,9,17H2,1H3,(H,18,21)(H,19,20)/t13-,14-/m1/s1. The number of anilines is 1. The van der Waals surface area contributed by atoms with E-state index in [1.807, 2.05) is 12.1 Å². The van der Waals surface area contributed by atoms with Crippen molar-refractivity contribution in [3.8, 4) is 0 Å². The Hall–Kier alpha value is -2.40. The number of nitrogens with one attached hydrogen (secondary N) is 2. The van der Waals surface area contributed by atoms with E-state index in [0.717, 1.165) is 12.0 Å². The van der Waals surface area contributed by atoms with Gasteiger partial charge in [0, 0.05) is 13.2 Å². The number of nitrogens with two attached hydrogens (primary N) is 1. The molecule has 1 aliphatic carbocycles. The van der Waals surface area contributed by atoms with Crippen LogP contribution < -0.4 is 16.4 Å². The number of amides is 1. The van der Waals surface area contributed by atoms with Gasteiger partial charge in [-0.25, -0.2) is 4.98 Å². The van der Waals surface area contributed by atoms with Gasteiger partial charge in [-0.1, -0.05) is 24.3 Å². The Labute approximate surface area is 123 Å². The van der Waals surface area contributed by atoms with E-state index in [1.165, 1.54) is 5.56 Å². The fraction of sp³-hybridized carbons (Fsp3) is 0.250. The predicted molar refractivity (Wildman–Crippen MR) is 82.1 cm³/mol. The maximum absolute atomic E-state index is 11.9. The van der Waals surface area contributed by atoms with Gasteiger partial charge in [0.1, 0.15) is 5.82 Å². The first kappa shape index (κ1) is 13.6. The quantitative estimate of drug-likeness (QED) is 0.796. The van der Waals surface area contributed by atoms with Crippen molar-refractivity contribution in [2.45, 2.75) is 18.5 Å². The van der Waals surface area contributed by atoms with Gasteiger partial charge in [-0.3, -0.25) is 4.79 Å². The topological polar surface area (TPSA) is 80.0 Å². The number of nitrogens with zero attached hydrogens (tertiary/aromatic N) is 1. The van der Waals surface area contributed by atoms with E-state index in [1.54, 1.807) is 25.4 Å². The predicted octanol–water partition coefficient (Wildman–Crippen LogP) is 1.48. The molecule has 0 spiro atoms. The molecule has 1 aliphatic rings. The molecule has 0 saturated heterocycles. The summed E-state index contributed by atoms with van der Waals surface area (Å²) >= 11 is 0. The molecule has 1 aromatic heterocycles. The zero-order chi connectivity index (χ0) is 14.8. The van der Waals surface area contributed by atoms with Crippen LogP contribution >= 0.6 is 0 Å².